The fraction of sp³-hybridized carbons (Fsp3) is 0.556. The molecule has 0 saturated carbocycles. The Hall–Kier alpha value is -0.330. The van der Waals surface area contributed by atoms with Crippen molar-refractivity contribution in [3.8, 4) is 0 Å². The van der Waals surface area contributed by atoms with Crippen molar-refractivity contribution in [1.82, 2.24) is 9.55 Å². The first-order valence-electron chi connectivity index (χ1n) is 5.72. The van der Waals surface area contributed by atoms with Crippen LogP contribution in [0.4, 0.5) is 0 Å². The van der Waals surface area contributed by atoms with Gasteiger partial charge in [-0.05, 0) is 0 Å². The van der Waals surface area contributed by atoms with Crippen LogP contribution in [0, 0.1) is 0 Å². The number of aliphatic hydroxyl groups excluding tert-OH is 2. The summed E-state index contributed by atoms with van der Waals surface area (Å²) in [4.78, 5) is 41.6. The second-order valence-electron chi connectivity index (χ2n) is 4.35. The Balaban J connectivity index is 0.00000242. The maximum absolute atomic E-state index is 11.6. The van der Waals surface area contributed by atoms with E-state index >= 15 is 0 Å². The van der Waals surface area contributed by atoms with Gasteiger partial charge >= 0.3 is 43.1 Å². The number of hydrogen-bond acceptors (Lipinski definition) is 7. The molecule has 11 nitrogen and oxygen atoms in total. The first kappa shape index (κ1) is 19.7. The topological polar surface area (TPSA) is 171 Å². The maximum atomic E-state index is 11.6. The quantitative estimate of drug-likeness (QED) is 0.275. The molecule has 5 N–H and O–H groups in total. The average molecular weight is 348 g/mol. The van der Waals surface area contributed by atoms with E-state index in [2.05, 4.69) is 4.52 Å². The molecule has 4 atom stereocenters. The third-order valence-corrected chi connectivity index (χ3v) is 3.35. The van der Waals surface area contributed by atoms with E-state index in [1.165, 1.54) is 0 Å². The molecule has 0 bridgehead atoms. The van der Waals surface area contributed by atoms with Crippen molar-refractivity contribution in [3.63, 3.8) is 0 Å². The average Bonchev–Trinajstić information content (AvgIpc) is 2.64. The number of nitrogens with zero attached hydrogens (tertiary/aromatic N) is 1. The molecule has 2 heterocycles. The standard InChI is InChI=1S/C9H13N2O9P.Na.H/c12-5-1-2-11(9(15)10-5)8-7(14)6(13)4(20-8)3-19-21(16,17)18;;/h1-2,4,6-8,13-14H,3H2,(H,10,12,15)(H2,16,17,18);;/t4-,6?,7?,8-;;/m0../s1. The van der Waals surface area contributed by atoms with Crippen molar-refractivity contribution in [2.24, 2.45) is 0 Å². The number of H-pyrrole nitrogens is 1. The van der Waals surface area contributed by atoms with Crippen LogP contribution >= 0.6 is 7.82 Å². The Bertz CT molecular complexity index is 670. The number of aromatic amines is 1. The van der Waals surface area contributed by atoms with E-state index < -0.39 is 50.2 Å². The molecule has 120 valence electrons. The normalized spacial score (nSPS) is 28.4. The van der Waals surface area contributed by atoms with Crippen molar-refractivity contribution in [2.75, 3.05) is 6.61 Å². The van der Waals surface area contributed by atoms with Crippen LogP contribution in [0.1, 0.15) is 6.23 Å². The number of aliphatic hydroxyl groups is 2. The van der Waals surface area contributed by atoms with E-state index in [0.29, 0.717) is 0 Å². The van der Waals surface area contributed by atoms with E-state index in [1.807, 2.05) is 4.98 Å². The summed E-state index contributed by atoms with van der Waals surface area (Å²) in [6.45, 7) is -0.683. The summed E-state index contributed by atoms with van der Waals surface area (Å²) in [6, 6.07) is 1.02. The van der Waals surface area contributed by atoms with Gasteiger partial charge < -0.3 is 24.7 Å². The first-order chi connectivity index (χ1) is 9.69. The summed E-state index contributed by atoms with van der Waals surface area (Å²) in [5, 5.41) is 19.6. The monoisotopic (exact) mass is 348 g/mol. The number of aromatic nitrogens is 2. The third-order valence-electron chi connectivity index (χ3n) is 2.87. The van der Waals surface area contributed by atoms with Gasteiger partial charge in [0, 0.05) is 12.3 Å². The molecule has 1 aliphatic rings. The SMILES string of the molecule is O=c1ccn([C@H]2O[C@@H](COP(=O)(O)O)C(O)C2O)c(=O)[nH]1.[NaH]. The Morgan fingerprint density at radius 1 is 1.32 bits per heavy atom. The summed E-state index contributed by atoms with van der Waals surface area (Å²) >= 11 is 0. The van der Waals surface area contributed by atoms with Gasteiger partial charge in [-0.1, -0.05) is 0 Å². The van der Waals surface area contributed by atoms with E-state index in [0.717, 1.165) is 16.8 Å². The summed E-state index contributed by atoms with van der Waals surface area (Å²) in [5.41, 5.74) is -1.51. The second kappa shape index (κ2) is 7.49. The summed E-state index contributed by atoms with van der Waals surface area (Å²) in [6.07, 6.45) is -4.58. The molecule has 0 spiro atoms. The van der Waals surface area contributed by atoms with Gasteiger partial charge in [0.2, 0.25) is 0 Å². The first-order valence-corrected chi connectivity index (χ1v) is 7.25. The zero-order valence-electron chi connectivity index (χ0n) is 10.4. The van der Waals surface area contributed by atoms with Crippen LogP contribution in [0.15, 0.2) is 21.9 Å². The van der Waals surface area contributed by atoms with Crippen molar-refractivity contribution in [3.05, 3.63) is 33.1 Å². The van der Waals surface area contributed by atoms with E-state index in [9.17, 15) is 24.4 Å². The summed E-state index contributed by atoms with van der Waals surface area (Å²) < 4.78 is 20.8. The molecule has 0 radical (unpaired) electrons. The number of phosphoric ester groups is 1. The van der Waals surface area contributed by atoms with Gasteiger partial charge in [0.15, 0.2) is 6.23 Å². The Kier molecular flexibility index (Phi) is 6.72. The number of ether oxygens (including phenoxy) is 1. The molecule has 0 amide bonds. The zero-order chi connectivity index (χ0) is 15.8. The Labute approximate surface area is 145 Å². The molecule has 2 unspecified atom stereocenters. The van der Waals surface area contributed by atoms with Gasteiger partial charge in [0.05, 0.1) is 6.61 Å². The van der Waals surface area contributed by atoms with Crippen molar-refractivity contribution >= 4 is 37.4 Å². The Morgan fingerprint density at radius 3 is 2.50 bits per heavy atom. The minimum atomic E-state index is -4.76. The van der Waals surface area contributed by atoms with Crippen LogP contribution in [0.25, 0.3) is 0 Å². The molecule has 1 aliphatic heterocycles. The number of nitrogens with one attached hydrogen (secondary N) is 1. The van der Waals surface area contributed by atoms with Crippen LogP contribution in [-0.4, -0.2) is 84.0 Å². The molecular weight excluding hydrogens is 334 g/mol. The van der Waals surface area contributed by atoms with Crippen LogP contribution in [0.5, 0.6) is 0 Å². The molecular formula is C9H14N2NaO9P. The molecule has 0 aliphatic carbocycles. The predicted octanol–water partition coefficient (Wildman–Crippen LogP) is -3.38. The van der Waals surface area contributed by atoms with E-state index in [4.69, 9.17) is 14.5 Å². The molecule has 22 heavy (non-hydrogen) atoms. The Morgan fingerprint density at radius 2 is 1.95 bits per heavy atom. The fourth-order valence-electron chi connectivity index (χ4n) is 1.89. The van der Waals surface area contributed by atoms with Gasteiger partial charge in [0.1, 0.15) is 18.3 Å². The molecule has 13 heteroatoms. The zero-order valence-corrected chi connectivity index (χ0v) is 11.3. The van der Waals surface area contributed by atoms with Crippen molar-refractivity contribution in [2.45, 2.75) is 24.5 Å². The van der Waals surface area contributed by atoms with Gasteiger partial charge in [-0.25, -0.2) is 9.36 Å². The molecule has 1 aromatic rings. The van der Waals surface area contributed by atoms with Crippen molar-refractivity contribution in [1.29, 1.82) is 0 Å². The molecule has 0 aromatic carbocycles. The number of phosphoric acid groups is 1. The van der Waals surface area contributed by atoms with Crippen LogP contribution in [-0.2, 0) is 13.8 Å². The van der Waals surface area contributed by atoms with E-state index in [1.54, 1.807) is 0 Å². The molecule has 2 rings (SSSR count). The summed E-state index contributed by atoms with van der Waals surface area (Å²) in [5.74, 6) is 0. The van der Waals surface area contributed by atoms with Crippen LogP contribution in [0.2, 0.25) is 0 Å². The molecule has 1 fully saturated rings. The van der Waals surface area contributed by atoms with Crippen LogP contribution < -0.4 is 11.2 Å². The van der Waals surface area contributed by atoms with Crippen LogP contribution in [0.3, 0.4) is 0 Å². The van der Waals surface area contributed by atoms with Gasteiger partial charge in [0.25, 0.3) is 5.56 Å². The summed E-state index contributed by atoms with van der Waals surface area (Å²) in [7, 11) is -4.76. The third kappa shape index (κ3) is 4.59. The fourth-order valence-corrected chi connectivity index (χ4v) is 2.24. The van der Waals surface area contributed by atoms with Gasteiger partial charge in [-0.2, -0.15) is 0 Å². The second-order valence-corrected chi connectivity index (χ2v) is 5.59. The minimum absolute atomic E-state index is 0. The van der Waals surface area contributed by atoms with E-state index in [-0.39, 0.29) is 29.6 Å². The number of rotatable bonds is 4. The predicted molar refractivity (Wildman–Crippen MR) is 72.4 cm³/mol. The van der Waals surface area contributed by atoms with Gasteiger partial charge in [-0.15, -0.1) is 0 Å². The molecule has 1 saturated heterocycles. The van der Waals surface area contributed by atoms with Gasteiger partial charge in [-0.3, -0.25) is 18.9 Å². The molecule has 1 aromatic heterocycles. The van der Waals surface area contributed by atoms with Crippen molar-refractivity contribution < 1.29 is 33.8 Å². The number of hydrogen-bond donors (Lipinski definition) is 5.